The van der Waals surface area contributed by atoms with Crippen molar-refractivity contribution in [2.75, 3.05) is 6.61 Å². The minimum atomic E-state index is -4.74. The van der Waals surface area contributed by atoms with Crippen molar-refractivity contribution in [1.82, 2.24) is 10.9 Å². The molecule has 0 saturated heterocycles. The highest BCUT2D eigenvalue weighted by Crippen LogP contribution is 2.33. The van der Waals surface area contributed by atoms with Crippen molar-refractivity contribution >= 4 is 5.97 Å². The van der Waals surface area contributed by atoms with Gasteiger partial charge in [-0.25, -0.2) is 10.2 Å². The number of nitrogens with one attached hydrogen (secondary N) is 2. The quantitative estimate of drug-likeness (QED) is 0.650. The van der Waals surface area contributed by atoms with E-state index in [1.54, 1.807) is 0 Å². The number of alkyl halides is 3. The molecule has 2 N–H and O–H groups in total. The number of carbonyl (C=O) groups is 1. The highest BCUT2D eigenvalue weighted by atomic mass is 19.4. The molecule has 1 heterocycles. The van der Waals surface area contributed by atoms with E-state index < -0.39 is 17.7 Å². The second-order valence-electron chi connectivity index (χ2n) is 2.63. The molecule has 0 spiro atoms. The standard InChI is InChI=1S/C7H9F3N2O2/c1-2-14-5(13)6(7(8,9)10)3-4-11-12-6/h3-4,11-12H,2H2,1H3. The van der Waals surface area contributed by atoms with Gasteiger partial charge in [-0.3, -0.25) is 0 Å². The summed E-state index contributed by atoms with van der Waals surface area (Å²) in [6, 6.07) is 0. The van der Waals surface area contributed by atoms with E-state index in [9.17, 15) is 18.0 Å². The monoisotopic (exact) mass is 210 g/mol. The van der Waals surface area contributed by atoms with Gasteiger partial charge in [-0.2, -0.15) is 13.2 Å². The molecule has 0 aromatic heterocycles. The molecule has 1 unspecified atom stereocenters. The Morgan fingerprint density at radius 3 is 2.57 bits per heavy atom. The molecule has 0 aromatic rings. The molecule has 4 nitrogen and oxygen atoms in total. The summed E-state index contributed by atoms with van der Waals surface area (Å²) in [6.07, 6.45) is -3.05. The molecule has 0 saturated carbocycles. The Bertz CT molecular complexity index is 264. The molecule has 0 bridgehead atoms. The maximum Gasteiger partial charge on any atom is 0.422 e. The topological polar surface area (TPSA) is 50.4 Å². The van der Waals surface area contributed by atoms with Crippen molar-refractivity contribution in [3.05, 3.63) is 12.3 Å². The first-order valence-corrected chi connectivity index (χ1v) is 3.88. The van der Waals surface area contributed by atoms with Crippen molar-refractivity contribution in [3.8, 4) is 0 Å². The van der Waals surface area contributed by atoms with Gasteiger partial charge in [0.05, 0.1) is 6.61 Å². The normalized spacial score (nSPS) is 26.0. The molecule has 0 aromatic carbocycles. The number of halogens is 3. The van der Waals surface area contributed by atoms with Crippen LogP contribution in [-0.2, 0) is 9.53 Å². The van der Waals surface area contributed by atoms with E-state index in [4.69, 9.17) is 0 Å². The zero-order valence-electron chi connectivity index (χ0n) is 7.31. The average Bonchev–Trinajstić information content (AvgIpc) is 2.51. The van der Waals surface area contributed by atoms with Crippen LogP contribution < -0.4 is 10.9 Å². The third kappa shape index (κ3) is 1.54. The number of hydrazine groups is 1. The Balaban J connectivity index is 2.94. The van der Waals surface area contributed by atoms with Crippen molar-refractivity contribution in [2.45, 2.75) is 18.6 Å². The number of ether oxygens (including phenoxy) is 1. The minimum absolute atomic E-state index is 0.105. The molecule has 80 valence electrons. The third-order valence-corrected chi connectivity index (χ3v) is 1.73. The van der Waals surface area contributed by atoms with E-state index in [2.05, 4.69) is 10.2 Å². The van der Waals surface area contributed by atoms with Crippen LogP contribution in [0.5, 0.6) is 0 Å². The first-order chi connectivity index (χ1) is 6.44. The molecular weight excluding hydrogens is 201 g/mol. The van der Waals surface area contributed by atoms with Crippen LogP contribution in [0.3, 0.4) is 0 Å². The summed E-state index contributed by atoms with van der Waals surface area (Å²) in [5, 5.41) is 0. The lowest BCUT2D eigenvalue weighted by Crippen LogP contribution is -2.61. The second-order valence-corrected chi connectivity index (χ2v) is 2.63. The Kier molecular flexibility index (Phi) is 2.70. The minimum Gasteiger partial charge on any atom is -0.464 e. The number of hydrogen-bond acceptors (Lipinski definition) is 4. The van der Waals surface area contributed by atoms with Crippen LogP contribution in [0.1, 0.15) is 6.92 Å². The maximum absolute atomic E-state index is 12.5. The second kappa shape index (κ2) is 3.49. The van der Waals surface area contributed by atoms with E-state index in [-0.39, 0.29) is 6.61 Å². The Morgan fingerprint density at radius 2 is 2.21 bits per heavy atom. The predicted molar refractivity (Wildman–Crippen MR) is 40.8 cm³/mol. The van der Waals surface area contributed by atoms with Crippen molar-refractivity contribution in [1.29, 1.82) is 0 Å². The molecule has 0 aliphatic carbocycles. The fourth-order valence-electron chi connectivity index (χ4n) is 1.01. The van der Waals surface area contributed by atoms with E-state index in [0.29, 0.717) is 6.08 Å². The maximum atomic E-state index is 12.5. The van der Waals surface area contributed by atoms with Crippen LogP contribution >= 0.6 is 0 Å². The predicted octanol–water partition coefficient (Wildman–Crippen LogP) is 0.472. The smallest absolute Gasteiger partial charge is 0.422 e. The summed E-state index contributed by atoms with van der Waals surface area (Å²) in [5.74, 6) is -1.37. The van der Waals surface area contributed by atoms with Gasteiger partial charge in [-0.15, -0.1) is 0 Å². The number of hydrogen-bond donors (Lipinski definition) is 2. The van der Waals surface area contributed by atoms with Crippen LogP contribution in [0.15, 0.2) is 12.3 Å². The number of rotatable bonds is 2. The highest BCUT2D eigenvalue weighted by molar-refractivity contribution is 5.85. The van der Waals surface area contributed by atoms with Crippen LogP contribution in [-0.4, -0.2) is 24.3 Å². The lowest BCUT2D eigenvalue weighted by atomic mass is 10.0. The van der Waals surface area contributed by atoms with Gasteiger partial charge in [-0.1, -0.05) is 0 Å². The summed E-state index contributed by atoms with van der Waals surface area (Å²) in [6.45, 7) is 1.33. The molecule has 1 atom stereocenters. The van der Waals surface area contributed by atoms with Crippen molar-refractivity contribution in [3.63, 3.8) is 0 Å². The number of carbonyl (C=O) groups excluding carboxylic acids is 1. The molecule has 7 heteroatoms. The zero-order valence-corrected chi connectivity index (χ0v) is 7.31. The molecule has 0 amide bonds. The van der Waals surface area contributed by atoms with Crippen molar-refractivity contribution < 1.29 is 22.7 Å². The van der Waals surface area contributed by atoms with Gasteiger partial charge in [0.15, 0.2) is 0 Å². The SMILES string of the molecule is CCOC(=O)C1(C(F)(F)F)C=CNN1. The summed E-state index contributed by atoms with van der Waals surface area (Å²) < 4.78 is 41.9. The van der Waals surface area contributed by atoms with Gasteiger partial charge in [-0.05, 0) is 13.0 Å². The molecule has 14 heavy (non-hydrogen) atoms. The summed E-state index contributed by atoms with van der Waals surface area (Å²) in [5.41, 5.74) is 1.18. The molecule has 1 rings (SSSR count). The van der Waals surface area contributed by atoms with Crippen LogP contribution in [0.25, 0.3) is 0 Å². The van der Waals surface area contributed by atoms with Gasteiger partial charge < -0.3 is 10.2 Å². The number of esters is 1. The zero-order chi connectivity index (χ0) is 10.8. The van der Waals surface area contributed by atoms with E-state index >= 15 is 0 Å². The molecule has 0 fully saturated rings. The van der Waals surface area contributed by atoms with Gasteiger partial charge in [0.2, 0.25) is 5.54 Å². The fourth-order valence-corrected chi connectivity index (χ4v) is 1.01. The van der Waals surface area contributed by atoms with E-state index in [1.165, 1.54) is 6.92 Å². The highest BCUT2D eigenvalue weighted by Gasteiger charge is 2.61. The van der Waals surface area contributed by atoms with Crippen LogP contribution in [0.4, 0.5) is 13.2 Å². The summed E-state index contributed by atoms with van der Waals surface area (Å²) in [4.78, 5) is 11.1. The van der Waals surface area contributed by atoms with Gasteiger partial charge in [0.25, 0.3) is 0 Å². The largest absolute Gasteiger partial charge is 0.464 e. The lowest BCUT2D eigenvalue weighted by Gasteiger charge is -2.27. The molecule has 0 radical (unpaired) electrons. The lowest BCUT2D eigenvalue weighted by molar-refractivity contribution is -0.201. The van der Waals surface area contributed by atoms with Crippen LogP contribution in [0, 0.1) is 0 Å². The first kappa shape index (κ1) is 10.8. The molecule has 1 aliphatic heterocycles. The molecule has 1 aliphatic rings. The fraction of sp³-hybridized carbons (Fsp3) is 0.571. The summed E-state index contributed by atoms with van der Waals surface area (Å²) in [7, 11) is 0. The summed E-state index contributed by atoms with van der Waals surface area (Å²) >= 11 is 0. The van der Waals surface area contributed by atoms with E-state index in [1.807, 2.05) is 5.43 Å². The first-order valence-electron chi connectivity index (χ1n) is 3.88. The average molecular weight is 210 g/mol. The van der Waals surface area contributed by atoms with Crippen molar-refractivity contribution in [2.24, 2.45) is 0 Å². The Morgan fingerprint density at radius 1 is 1.57 bits per heavy atom. The third-order valence-electron chi connectivity index (χ3n) is 1.73. The Hall–Kier alpha value is -1.24. The van der Waals surface area contributed by atoms with Gasteiger partial charge in [0, 0.05) is 6.20 Å². The van der Waals surface area contributed by atoms with E-state index in [0.717, 1.165) is 6.20 Å². The van der Waals surface area contributed by atoms with Gasteiger partial charge >= 0.3 is 12.1 Å². The molecular formula is C7H9F3N2O2. The van der Waals surface area contributed by atoms with Crippen LogP contribution in [0.2, 0.25) is 0 Å². The van der Waals surface area contributed by atoms with Gasteiger partial charge in [0.1, 0.15) is 0 Å². The Labute approximate surface area is 78.1 Å².